The van der Waals surface area contributed by atoms with Gasteiger partial charge in [-0.3, -0.25) is 0 Å². The molecule has 0 radical (unpaired) electrons. The van der Waals surface area contributed by atoms with Gasteiger partial charge in [0.25, 0.3) is 0 Å². The van der Waals surface area contributed by atoms with E-state index < -0.39 is 7.14 Å². The third-order valence-corrected chi connectivity index (χ3v) is 2.69. The number of rotatable bonds is 1. The number of hydrogen-bond donors (Lipinski definition) is 0. The van der Waals surface area contributed by atoms with Gasteiger partial charge in [-0.05, 0) is 13.3 Å². The average molecular weight is 191 g/mol. The van der Waals surface area contributed by atoms with Gasteiger partial charge in [0.15, 0.2) is 0 Å². The summed E-state index contributed by atoms with van der Waals surface area (Å²) in [6.07, 6.45) is 2.85. The van der Waals surface area contributed by atoms with E-state index in [0.717, 1.165) is 0 Å². The molecule has 0 aliphatic heterocycles. The average Bonchev–Trinajstić information content (AvgIpc) is 1.86. The molecule has 0 bridgehead atoms. The Balaban J connectivity index is 3.09. The van der Waals surface area contributed by atoms with Crippen molar-refractivity contribution in [1.29, 1.82) is 0 Å². The lowest BCUT2D eigenvalue weighted by Gasteiger charge is -2.03. The van der Waals surface area contributed by atoms with Crippen molar-refractivity contribution in [3.8, 4) is 0 Å². The second-order valence-corrected chi connectivity index (χ2v) is 6.10. The van der Waals surface area contributed by atoms with Crippen LogP contribution in [-0.4, -0.2) is 23.3 Å². The molecule has 1 aromatic heterocycles. The number of halogens is 1. The molecule has 0 spiro atoms. The highest BCUT2D eigenvalue weighted by Gasteiger charge is 2.12. The van der Waals surface area contributed by atoms with Gasteiger partial charge in [0, 0.05) is 0 Å². The summed E-state index contributed by atoms with van der Waals surface area (Å²) in [4.78, 5) is 7.67. The third-order valence-electron chi connectivity index (χ3n) is 1.16. The molecule has 0 saturated carbocycles. The first-order chi connectivity index (χ1) is 5.00. The molecule has 0 saturated heterocycles. The maximum absolute atomic E-state index is 11.4. The summed E-state index contributed by atoms with van der Waals surface area (Å²) in [7, 11) is -2.27. The molecule has 0 aliphatic rings. The Morgan fingerprint density at radius 2 is 2.00 bits per heavy atom. The minimum absolute atomic E-state index is 0.321. The molecule has 0 aromatic carbocycles. The van der Waals surface area contributed by atoms with E-state index in [9.17, 15) is 4.57 Å². The van der Waals surface area contributed by atoms with Crippen LogP contribution < -0.4 is 5.44 Å². The summed E-state index contributed by atoms with van der Waals surface area (Å²) in [6, 6.07) is 0. The van der Waals surface area contributed by atoms with Crippen LogP contribution in [0.4, 0.5) is 0 Å². The molecule has 1 heterocycles. The molecule has 0 amide bonds. The molecule has 0 aliphatic carbocycles. The zero-order valence-electron chi connectivity index (χ0n) is 6.28. The summed E-state index contributed by atoms with van der Waals surface area (Å²) < 4.78 is 11.4. The van der Waals surface area contributed by atoms with E-state index in [-0.39, 0.29) is 0 Å². The lowest BCUT2D eigenvalue weighted by atomic mass is 10.8. The minimum Gasteiger partial charge on any atom is -0.318 e. The topological polar surface area (TPSA) is 42.9 Å². The predicted molar refractivity (Wildman–Crippen MR) is 46.1 cm³/mol. The van der Waals surface area contributed by atoms with Gasteiger partial charge < -0.3 is 4.57 Å². The lowest BCUT2D eigenvalue weighted by Crippen LogP contribution is -2.08. The zero-order valence-corrected chi connectivity index (χ0v) is 7.93. The fourth-order valence-electron chi connectivity index (χ4n) is 0.584. The van der Waals surface area contributed by atoms with Crippen LogP contribution in [0.15, 0.2) is 12.4 Å². The second kappa shape index (κ2) is 2.92. The zero-order chi connectivity index (χ0) is 8.48. The fourth-order valence-corrected chi connectivity index (χ4v) is 1.35. The first-order valence-electron chi connectivity index (χ1n) is 3.03. The van der Waals surface area contributed by atoms with Crippen LogP contribution in [0.5, 0.6) is 0 Å². The lowest BCUT2D eigenvalue weighted by molar-refractivity contribution is 0.587. The van der Waals surface area contributed by atoms with E-state index in [1.165, 1.54) is 12.4 Å². The van der Waals surface area contributed by atoms with Crippen LogP contribution in [0.3, 0.4) is 0 Å². The smallest absolute Gasteiger partial charge is 0.147 e. The summed E-state index contributed by atoms with van der Waals surface area (Å²) >= 11 is 5.50. The van der Waals surface area contributed by atoms with Gasteiger partial charge in [-0.2, -0.15) is 0 Å². The molecule has 11 heavy (non-hydrogen) atoms. The first-order valence-corrected chi connectivity index (χ1v) is 6.01. The van der Waals surface area contributed by atoms with Gasteiger partial charge in [-0.1, -0.05) is 11.6 Å². The third kappa shape index (κ3) is 2.28. The van der Waals surface area contributed by atoms with Crippen LogP contribution >= 0.6 is 18.7 Å². The normalized spacial score (nSPS) is 11.5. The van der Waals surface area contributed by atoms with Crippen molar-refractivity contribution in [1.82, 2.24) is 9.97 Å². The van der Waals surface area contributed by atoms with Gasteiger partial charge in [0.05, 0.1) is 12.4 Å². The Morgan fingerprint density at radius 1 is 1.36 bits per heavy atom. The van der Waals surface area contributed by atoms with E-state index in [1.807, 2.05) is 0 Å². The molecule has 3 nitrogen and oxygen atoms in total. The van der Waals surface area contributed by atoms with Crippen molar-refractivity contribution in [3.05, 3.63) is 17.5 Å². The van der Waals surface area contributed by atoms with E-state index in [1.54, 1.807) is 13.3 Å². The number of nitrogens with zero attached hydrogens (tertiary/aromatic N) is 2. The quantitative estimate of drug-likeness (QED) is 0.629. The highest BCUT2D eigenvalue weighted by atomic mass is 35.5. The van der Waals surface area contributed by atoms with E-state index >= 15 is 0 Å². The Labute approximate surface area is 70.2 Å². The van der Waals surface area contributed by atoms with Crippen LogP contribution in [0, 0.1) is 0 Å². The standard InChI is InChI=1S/C6H8ClN2OP/c1-11(2,10)6-4-8-5(7)3-9-6/h3-4H,1-2H3. The summed E-state index contributed by atoms with van der Waals surface area (Å²) in [5, 5.41) is 0.321. The Kier molecular flexibility index (Phi) is 2.31. The SMILES string of the molecule is CP(C)(=O)c1cnc(Cl)cn1. The van der Waals surface area contributed by atoms with E-state index in [4.69, 9.17) is 11.6 Å². The number of hydrogen-bond acceptors (Lipinski definition) is 3. The van der Waals surface area contributed by atoms with Crippen molar-refractivity contribution in [2.45, 2.75) is 0 Å². The van der Waals surface area contributed by atoms with Crippen molar-refractivity contribution >= 4 is 24.2 Å². The molecule has 0 fully saturated rings. The van der Waals surface area contributed by atoms with Gasteiger partial charge in [-0.25, -0.2) is 9.97 Å². The van der Waals surface area contributed by atoms with Crippen LogP contribution in [-0.2, 0) is 4.57 Å². The van der Waals surface area contributed by atoms with Crippen LogP contribution in [0.2, 0.25) is 5.15 Å². The van der Waals surface area contributed by atoms with Crippen molar-refractivity contribution in [3.63, 3.8) is 0 Å². The highest BCUT2D eigenvalue weighted by Crippen LogP contribution is 2.32. The molecular formula is C6H8ClN2OP. The van der Waals surface area contributed by atoms with Crippen molar-refractivity contribution < 1.29 is 4.57 Å². The predicted octanol–water partition coefficient (Wildman–Crippen LogP) is 1.38. The molecule has 1 rings (SSSR count). The summed E-state index contributed by atoms with van der Waals surface area (Å²) in [6.45, 7) is 3.29. The van der Waals surface area contributed by atoms with Gasteiger partial charge >= 0.3 is 0 Å². The van der Waals surface area contributed by atoms with Gasteiger partial charge in [0.1, 0.15) is 17.7 Å². The highest BCUT2D eigenvalue weighted by molar-refractivity contribution is 7.69. The molecular weight excluding hydrogens is 183 g/mol. The van der Waals surface area contributed by atoms with Crippen LogP contribution in [0.25, 0.3) is 0 Å². The largest absolute Gasteiger partial charge is 0.318 e. The second-order valence-electron chi connectivity index (χ2n) is 2.55. The fraction of sp³-hybridized carbons (Fsp3) is 0.333. The van der Waals surface area contributed by atoms with Crippen molar-refractivity contribution in [2.75, 3.05) is 13.3 Å². The maximum atomic E-state index is 11.4. The maximum Gasteiger partial charge on any atom is 0.147 e. The van der Waals surface area contributed by atoms with E-state index in [0.29, 0.717) is 10.6 Å². The molecule has 5 heteroatoms. The van der Waals surface area contributed by atoms with E-state index in [2.05, 4.69) is 9.97 Å². The number of aromatic nitrogens is 2. The van der Waals surface area contributed by atoms with Gasteiger partial charge in [0.2, 0.25) is 0 Å². The summed E-state index contributed by atoms with van der Waals surface area (Å²) in [5.74, 6) is 0. The first kappa shape index (κ1) is 8.69. The minimum atomic E-state index is -2.27. The van der Waals surface area contributed by atoms with Crippen molar-refractivity contribution in [2.24, 2.45) is 0 Å². The Bertz CT molecular complexity index is 292. The van der Waals surface area contributed by atoms with Crippen LogP contribution in [0.1, 0.15) is 0 Å². The molecule has 0 N–H and O–H groups in total. The molecule has 60 valence electrons. The Hall–Kier alpha value is -0.400. The monoisotopic (exact) mass is 190 g/mol. The molecule has 0 atom stereocenters. The molecule has 0 unspecified atom stereocenters. The Morgan fingerprint density at radius 3 is 2.36 bits per heavy atom. The van der Waals surface area contributed by atoms with Gasteiger partial charge in [-0.15, -0.1) is 0 Å². The summed E-state index contributed by atoms with van der Waals surface area (Å²) in [5.41, 5.74) is 0.516. The molecule has 1 aromatic rings.